The van der Waals surface area contributed by atoms with E-state index in [1.165, 1.54) is 17.7 Å². The summed E-state index contributed by atoms with van der Waals surface area (Å²) < 4.78 is 6.43. The van der Waals surface area contributed by atoms with Crippen LogP contribution in [0.4, 0.5) is 0 Å². The minimum atomic E-state index is 0.0709. The van der Waals surface area contributed by atoms with E-state index in [1.54, 1.807) is 0 Å². The molecule has 120 valence electrons. The lowest BCUT2D eigenvalue weighted by molar-refractivity contribution is -0.00795. The maximum absolute atomic E-state index is 6.43. The van der Waals surface area contributed by atoms with Gasteiger partial charge >= 0.3 is 0 Å². The third kappa shape index (κ3) is 3.16. The number of benzene rings is 1. The van der Waals surface area contributed by atoms with Crippen LogP contribution >= 0.6 is 0 Å². The van der Waals surface area contributed by atoms with Crippen LogP contribution in [-0.2, 0) is 6.42 Å². The van der Waals surface area contributed by atoms with E-state index in [2.05, 4.69) is 49.6 Å². The second kappa shape index (κ2) is 6.36. The summed E-state index contributed by atoms with van der Waals surface area (Å²) in [4.78, 5) is 2.49. The summed E-state index contributed by atoms with van der Waals surface area (Å²) in [5.74, 6) is 1.85. The van der Waals surface area contributed by atoms with Crippen LogP contribution in [0.15, 0.2) is 36.5 Å². The fourth-order valence-corrected chi connectivity index (χ4v) is 3.71. The summed E-state index contributed by atoms with van der Waals surface area (Å²) in [6.07, 6.45) is 6.94. The Bertz CT molecular complexity index is 528. The molecule has 0 aliphatic carbocycles. The van der Waals surface area contributed by atoms with Gasteiger partial charge in [0, 0.05) is 31.6 Å². The molecule has 1 aromatic carbocycles. The summed E-state index contributed by atoms with van der Waals surface area (Å²) in [5.41, 5.74) is 2.76. The third-order valence-electron chi connectivity index (χ3n) is 5.55. The largest absolute Gasteiger partial charge is 0.487 e. The highest BCUT2D eigenvalue weighted by Gasteiger charge is 2.39. The summed E-state index contributed by atoms with van der Waals surface area (Å²) in [6, 6.07) is 8.53. The van der Waals surface area contributed by atoms with Crippen LogP contribution < -0.4 is 4.74 Å². The van der Waals surface area contributed by atoms with Crippen molar-refractivity contribution in [2.45, 2.75) is 58.0 Å². The van der Waals surface area contributed by atoms with E-state index >= 15 is 0 Å². The molecule has 1 spiro atoms. The van der Waals surface area contributed by atoms with E-state index in [-0.39, 0.29) is 5.60 Å². The number of piperidine rings is 1. The first kappa shape index (κ1) is 15.5. The van der Waals surface area contributed by atoms with Gasteiger partial charge in [-0.25, -0.2) is 0 Å². The van der Waals surface area contributed by atoms with Gasteiger partial charge in [-0.05, 0) is 36.8 Å². The number of ether oxygens (including phenoxy) is 1. The average molecular weight is 299 g/mol. The van der Waals surface area contributed by atoms with Crippen molar-refractivity contribution in [3.05, 3.63) is 42.1 Å². The summed E-state index contributed by atoms with van der Waals surface area (Å²) in [7, 11) is 0. The zero-order valence-corrected chi connectivity index (χ0v) is 14.1. The fraction of sp³-hybridized carbons (Fsp3) is 0.600. The molecule has 0 aromatic heterocycles. The van der Waals surface area contributed by atoms with Gasteiger partial charge < -0.3 is 9.64 Å². The molecule has 1 atom stereocenters. The molecule has 1 fully saturated rings. The number of para-hydroxylation sites is 1. The van der Waals surface area contributed by atoms with Crippen LogP contribution in [0.1, 0.15) is 51.5 Å². The number of allylic oxidation sites excluding steroid dienone is 1. The second-order valence-corrected chi connectivity index (χ2v) is 7.16. The Morgan fingerprint density at radius 2 is 2.00 bits per heavy atom. The van der Waals surface area contributed by atoms with Crippen molar-refractivity contribution in [3.8, 4) is 5.75 Å². The molecule has 22 heavy (non-hydrogen) atoms. The molecule has 2 nitrogen and oxygen atoms in total. The summed E-state index contributed by atoms with van der Waals surface area (Å²) >= 11 is 0. The number of hydrogen-bond acceptors (Lipinski definition) is 2. The maximum atomic E-state index is 6.43. The number of rotatable bonds is 4. The molecule has 3 rings (SSSR count). The van der Waals surface area contributed by atoms with Gasteiger partial charge in [0.15, 0.2) is 0 Å². The number of nitrogens with zero attached hydrogens (tertiary/aromatic N) is 1. The molecule has 2 aliphatic heterocycles. The van der Waals surface area contributed by atoms with Crippen LogP contribution in [0, 0.1) is 5.92 Å². The van der Waals surface area contributed by atoms with Gasteiger partial charge in [-0.15, -0.1) is 0 Å². The Labute approximate surface area is 135 Å². The predicted octanol–water partition coefficient (Wildman–Crippen LogP) is 4.80. The summed E-state index contributed by atoms with van der Waals surface area (Å²) in [6.45, 7) is 11.1. The first-order chi connectivity index (χ1) is 10.6. The van der Waals surface area contributed by atoms with E-state index in [1.807, 2.05) is 0 Å². The molecular weight excluding hydrogens is 270 g/mol. The van der Waals surface area contributed by atoms with Gasteiger partial charge in [0.1, 0.15) is 11.4 Å². The first-order valence-electron chi connectivity index (χ1n) is 8.81. The Morgan fingerprint density at radius 1 is 1.27 bits per heavy atom. The van der Waals surface area contributed by atoms with Gasteiger partial charge in [0.2, 0.25) is 0 Å². The van der Waals surface area contributed by atoms with Crippen LogP contribution in [-0.4, -0.2) is 23.6 Å². The topological polar surface area (TPSA) is 12.5 Å². The molecule has 1 saturated heterocycles. The SMILES string of the molecule is C=C(C[C@@H](C)CC)N1CCC2(CCc3ccccc3O2)CC1. The molecule has 0 saturated carbocycles. The standard InChI is InChI=1S/C20H29NO/c1-4-16(2)15-17(3)21-13-11-20(12-14-21)10-9-18-7-5-6-8-19(18)22-20/h5-8,16H,3-4,9-15H2,1-2H3/t16-/m0/s1. The molecule has 2 aliphatic rings. The molecular formula is C20H29NO. The van der Waals surface area contributed by atoms with Crippen molar-refractivity contribution in [1.82, 2.24) is 4.90 Å². The van der Waals surface area contributed by atoms with Gasteiger partial charge in [-0.3, -0.25) is 0 Å². The zero-order chi connectivity index (χ0) is 15.6. The molecule has 0 amide bonds. The number of fused-ring (bicyclic) bond motifs is 1. The summed E-state index contributed by atoms with van der Waals surface area (Å²) in [5, 5.41) is 0. The van der Waals surface area contributed by atoms with Crippen molar-refractivity contribution in [2.75, 3.05) is 13.1 Å². The normalized spacial score (nSPS) is 21.1. The molecule has 2 heterocycles. The van der Waals surface area contributed by atoms with Gasteiger partial charge in [0.25, 0.3) is 0 Å². The number of aryl methyl sites for hydroxylation is 1. The average Bonchev–Trinajstić information content (AvgIpc) is 2.55. The highest BCUT2D eigenvalue weighted by atomic mass is 16.5. The maximum Gasteiger partial charge on any atom is 0.123 e. The lowest BCUT2D eigenvalue weighted by Crippen LogP contribution is -2.49. The van der Waals surface area contributed by atoms with Crippen molar-refractivity contribution < 1.29 is 4.74 Å². The molecule has 1 aromatic rings. The van der Waals surface area contributed by atoms with Gasteiger partial charge in [0.05, 0.1) is 0 Å². The Kier molecular flexibility index (Phi) is 4.46. The van der Waals surface area contributed by atoms with Crippen LogP contribution in [0.5, 0.6) is 5.75 Å². The smallest absolute Gasteiger partial charge is 0.123 e. The fourth-order valence-electron chi connectivity index (χ4n) is 3.71. The van der Waals surface area contributed by atoms with Crippen molar-refractivity contribution >= 4 is 0 Å². The quantitative estimate of drug-likeness (QED) is 0.792. The predicted molar refractivity (Wildman–Crippen MR) is 92.1 cm³/mol. The molecule has 0 N–H and O–H groups in total. The van der Waals surface area contributed by atoms with E-state index in [9.17, 15) is 0 Å². The first-order valence-corrected chi connectivity index (χ1v) is 8.81. The lowest BCUT2D eigenvalue weighted by atomic mass is 9.83. The van der Waals surface area contributed by atoms with E-state index in [0.717, 1.165) is 56.9 Å². The Morgan fingerprint density at radius 3 is 2.73 bits per heavy atom. The van der Waals surface area contributed by atoms with E-state index in [4.69, 9.17) is 4.74 Å². The molecule has 2 heteroatoms. The monoisotopic (exact) mass is 299 g/mol. The van der Waals surface area contributed by atoms with Crippen LogP contribution in [0.2, 0.25) is 0 Å². The van der Waals surface area contributed by atoms with Crippen molar-refractivity contribution in [2.24, 2.45) is 5.92 Å². The lowest BCUT2D eigenvalue weighted by Gasteiger charge is -2.45. The molecule has 0 unspecified atom stereocenters. The minimum absolute atomic E-state index is 0.0709. The Hall–Kier alpha value is -1.44. The zero-order valence-electron chi connectivity index (χ0n) is 14.1. The van der Waals surface area contributed by atoms with Gasteiger partial charge in [-0.2, -0.15) is 0 Å². The van der Waals surface area contributed by atoms with E-state index in [0.29, 0.717) is 0 Å². The van der Waals surface area contributed by atoms with Crippen molar-refractivity contribution in [1.29, 1.82) is 0 Å². The highest BCUT2D eigenvalue weighted by molar-refractivity contribution is 5.36. The molecule has 0 bridgehead atoms. The van der Waals surface area contributed by atoms with Crippen LogP contribution in [0.25, 0.3) is 0 Å². The van der Waals surface area contributed by atoms with Crippen molar-refractivity contribution in [3.63, 3.8) is 0 Å². The van der Waals surface area contributed by atoms with Gasteiger partial charge in [-0.1, -0.05) is 45.0 Å². The minimum Gasteiger partial charge on any atom is -0.487 e. The second-order valence-electron chi connectivity index (χ2n) is 7.16. The molecule has 0 radical (unpaired) electrons. The highest BCUT2D eigenvalue weighted by Crippen LogP contribution is 2.39. The number of hydrogen-bond donors (Lipinski definition) is 0. The van der Waals surface area contributed by atoms with Crippen LogP contribution in [0.3, 0.4) is 0 Å². The van der Waals surface area contributed by atoms with E-state index < -0.39 is 0 Å². The Balaban J connectivity index is 1.59. The third-order valence-corrected chi connectivity index (χ3v) is 5.55. The number of likely N-dealkylation sites (tertiary alicyclic amines) is 1.